The lowest BCUT2D eigenvalue weighted by atomic mass is 9.84. The third kappa shape index (κ3) is 2.79. The number of thioether (sulfide) groups is 1. The van der Waals surface area contributed by atoms with Crippen LogP contribution in [0.15, 0.2) is 46.3 Å². The van der Waals surface area contributed by atoms with Gasteiger partial charge in [0.05, 0.1) is 5.69 Å². The largest absolute Gasteiger partial charge is 0.480 e. The highest BCUT2D eigenvalue weighted by Gasteiger charge is 2.47. The first kappa shape index (κ1) is 17.3. The second-order valence-electron chi connectivity index (χ2n) is 7.34. The molecule has 138 valence electrons. The first-order chi connectivity index (χ1) is 13.1. The number of aromatic nitrogens is 3. The zero-order valence-corrected chi connectivity index (χ0v) is 17.0. The van der Waals surface area contributed by atoms with Crippen molar-refractivity contribution in [3.05, 3.63) is 46.7 Å². The van der Waals surface area contributed by atoms with E-state index in [2.05, 4.69) is 56.5 Å². The van der Waals surface area contributed by atoms with Crippen LogP contribution in [-0.4, -0.2) is 30.6 Å². The summed E-state index contributed by atoms with van der Waals surface area (Å²) in [6.45, 7) is 0. The molecule has 0 radical (unpaired) electrons. The average Bonchev–Trinajstić information content (AvgIpc) is 3.40. The van der Waals surface area contributed by atoms with Gasteiger partial charge in [0.25, 0.3) is 0 Å². The van der Waals surface area contributed by atoms with Gasteiger partial charge in [-0.05, 0) is 71.0 Å². The van der Waals surface area contributed by atoms with Gasteiger partial charge in [-0.25, -0.2) is 0 Å². The highest BCUT2D eigenvalue weighted by atomic mass is 79.9. The molecule has 0 unspecified atom stereocenters. The van der Waals surface area contributed by atoms with Crippen molar-refractivity contribution >= 4 is 44.4 Å². The van der Waals surface area contributed by atoms with E-state index in [-0.39, 0.29) is 0 Å². The lowest BCUT2D eigenvalue weighted by Gasteiger charge is -2.36. The maximum Gasteiger partial charge on any atom is 0.320 e. The van der Waals surface area contributed by atoms with Gasteiger partial charge < -0.3 is 5.11 Å². The molecule has 7 heteroatoms. The number of fused-ring (bicyclic) bond motifs is 1. The highest BCUT2D eigenvalue weighted by molar-refractivity contribution is 9.10. The van der Waals surface area contributed by atoms with Crippen LogP contribution in [0.4, 0.5) is 0 Å². The van der Waals surface area contributed by atoms with Gasteiger partial charge in [-0.2, -0.15) is 0 Å². The molecule has 1 heterocycles. The molecule has 5 nitrogen and oxygen atoms in total. The van der Waals surface area contributed by atoms with E-state index in [1.165, 1.54) is 35.6 Å². The molecule has 2 aliphatic carbocycles. The van der Waals surface area contributed by atoms with Crippen molar-refractivity contribution in [2.24, 2.45) is 0 Å². The summed E-state index contributed by atoms with van der Waals surface area (Å²) in [6.07, 6.45) is 4.77. The summed E-state index contributed by atoms with van der Waals surface area (Å²) < 4.78 is 1.75. The number of hydrogen-bond donors (Lipinski definition) is 1. The van der Waals surface area contributed by atoms with Crippen LogP contribution in [0, 0.1) is 0 Å². The van der Waals surface area contributed by atoms with Crippen molar-refractivity contribution in [1.82, 2.24) is 14.8 Å². The van der Waals surface area contributed by atoms with E-state index in [9.17, 15) is 9.90 Å². The second-order valence-corrected chi connectivity index (χ2v) is 9.40. The van der Waals surface area contributed by atoms with E-state index < -0.39 is 10.7 Å². The quantitative estimate of drug-likeness (QED) is 0.589. The zero-order valence-electron chi connectivity index (χ0n) is 14.6. The van der Waals surface area contributed by atoms with Crippen molar-refractivity contribution in [1.29, 1.82) is 0 Å². The summed E-state index contributed by atoms with van der Waals surface area (Å²) in [4.78, 5) is 11.8. The first-order valence-electron chi connectivity index (χ1n) is 9.14. The molecule has 2 fully saturated rings. The van der Waals surface area contributed by atoms with Crippen LogP contribution in [0.25, 0.3) is 16.5 Å². The van der Waals surface area contributed by atoms with E-state index in [0.29, 0.717) is 28.6 Å². The molecule has 5 rings (SSSR count). The molecule has 0 bridgehead atoms. The maximum atomic E-state index is 11.8. The topological polar surface area (TPSA) is 68.0 Å². The predicted octanol–water partition coefficient (Wildman–Crippen LogP) is 5.16. The van der Waals surface area contributed by atoms with Gasteiger partial charge in [0.2, 0.25) is 4.73 Å². The SMILES string of the molecule is O=C(O)C1(Sc2nnc(Br)n2-c2cccc3c(C4CC4)cccc23)CCC1. The van der Waals surface area contributed by atoms with Gasteiger partial charge in [0.15, 0.2) is 5.16 Å². The van der Waals surface area contributed by atoms with Gasteiger partial charge >= 0.3 is 5.97 Å². The standard InChI is InChI=1S/C20H18BrN3O2S/c21-18-22-23-19(27-20(17(25)26)10-3-11-20)24(18)16-7-2-5-14-13(12-8-9-12)4-1-6-15(14)16/h1-2,4-7,12H,3,8-11H2,(H,25,26). The minimum absolute atomic E-state index is 0.592. The molecule has 1 aromatic heterocycles. The van der Waals surface area contributed by atoms with Gasteiger partial charge in [-0.3, -0.25) is 9.36 Å². The van der Waals surface area contributed by atoms with Crippen LogP contribution >= 0.6 is 27.7 Å². The third-order valence-electron chi connectivity index (χ3n) is 5.62. The summed E-state index contributed by atoms with van der Waals surface area (Å²) in [5.74, 6) is -0.106. The average molecular weight is 444 g/mol. The van der Waals surface area contributed by atoms with Crippen molar-refractivity contribution in [2.45, 2.75) is 47.9 Å². The van der Waals surface area contributed by atoms with Gasteiger partial charge in [-0.15, -0.1) is 10.2 Å². The first-order valence-corrected chi connectivity index (χ1v) is 10.8. The van der Waals surface area contributed by atoms with E-state index >= 15 is 0 Å². The lowest BCUT2D eigenvalue weighted by Crippen LogP contribution is -2.42. The summed E-state index contributed by atoms with van der Waals surface area (Å²) in [7, 11) is 0. The van der Waals surface area contributed by atoms with E-state index in [0.717, 1.165) is 17.5 Å². The normalized spacial score (nSPS) is 18.4. The highest BCUT2D eigenvalue weighted by Crippen LogP contribution is 2.49. The molecule has 0 atom stereocenters. The molecular formula is C20H18BrN3O2S. The van der Waals surface area contributed by atoms with Crippen molar-refractivity contribution < 1.29 is 9.90 Å². The lowest BCUT2D eigenvalue weighted by molar-refractivity contribution is -0.142. The number of carboxylic acids is 1. The molecule has 2 saturated carbocycles. The number of carbonyl (C=O) groups is 1. The number of benzene rings is 2. The van der Waals surface area contributed by atoms with E-state index in [1.807, 2.05) is 10.6 Å². The molecular weight excluding hydrogens is 426 g/mol. The number of carboxylic acid groups (broad SMARTS) is 1. The Morgan fingerprint density at radius 2 is 1.89 bits per heavy atom. The molecule has 2 aromatic carbocycles. The van der Waals surface area contributed by atoms with Gasteiger partial charge in [-0.1, -0.05) is 42.1 Å². The van der Waals surface area contributed by atoms with E-state index in [4.69, 9.17) is 0 Å². The van der Waals surface area contributed by atoms with Crippen LogP contribution < -0.4 is 0 Å². The van der Waals surface area contributed by atoms with Crippen LogP contribution in [0.1, 0.15) is 43.6 Å². The Morgan fingerprint density at radius 3 is 2.56 bits per heavy atom. The summed E-state index contributed by atoms with van der Waals surface area (Å²) >= 11 is 4.83. The molecule has 0 saturated heterocycles. The Kier molecular flexibility index (Phi) is 4.05. The molecule has 2 aliphatic rings. The monoisotopic (exact) mass is 443 g/mol. The third-order valence-corrected chi connectivity index (χ3v) is 7.56. The summed E-state index contributed by atoms with van der Waals surface area (Å²) in [6, 6.07) is 12.7. The Hall–Kier alpha value is -1.86. The van der Waals surface area contributed by atoms with E-state index in [1.54, 1.807) is 0 Å². The summed E-state index contributed by atoms with van der Waals surface area (Å²) in [5.41, 5.74) is 2.38. The van der Waals surface area contributed by atoms with Crippen LogP contribution in [0.5, 0.6) is 0 Å². The van der Waals surface area contributed by atoms with Crippen LogP contribution in [0.3, 0.4) is 0 Å². The second kappa shape index (κ2) is 6.34. The molecule has 0 aliphatic heterocycles. The summed E-state index contributed by atoms with van der Waals surface area (Å²) in [5, 5.41) is 21.2. The van der Waals surface area contributed by atoms with Crippen LogP contribution in [-0.2, 0) is 4.79 Å². The fraction of sp³-hybridized carbons (Fsp3) is 0.350. The Balaban J connectivity index is 1.65. The Labute approximate surface area is 169 Å². The fourth-order valence-corrected chi connectivity index (χ4v) is 5.66. The molecule has 1 N–H and O–H groups in total. The zero-order chi connectivity index (χ0) is 18.6. The predicted molar refractivity (Wildman–Crippen MR) is 109 cm³/mol. The molecule has 0 amide bonds. The number of aliphatic carboxylic acids is 1. The van der Waals surface area contributed by atoms with Crippen molar-refractivity contribution in [3.8, 4) is 5.69 Å². The van der Waals surface area contributed by atoms with Crippen molar-refractivity contribution in [3.63, 3.8) is 0 Å². The Morgan fingerprint density at radius 1 is 1.15 bits per heavy atom. The number of rotatable bonds is 5. The molecule has 0 spiro atoms. The molecule has 27 heavy (non-hydrogen) atoms. The Bertz CT molecular complexity index is 1060. The van der Waals surface area contributed by atoms with Crippen molar-refractivity contribution in [2.75, 3.05) is 0 Å². The maximum absolute atomic E-state index is 11.8. The van der Waals surface area contributed by atoms with Gasteiger partial charge in [0, 0.05) is 5.39 Å². The minimum atomic E-state index is -0.784. The smallest absolute Gasteiger partial charge is 0.320 e. The fourth-order valence-electron chi connectivity index (χ4n) is 3.82. The molecule has 3 aromatic rings. The van der Waals surface area contributed by atoms with Gasteiger partial charge in [0.1, 0.15) is 4.75 Å². The van der Waals surface area contributed by atoms with Crippen LogP contribution in [0.2, 0.25) is 0 Å². The number of hydrogen-bond acceptors (Lipinski definition) is 4. The number of nitrogens with zero attached hydrogens (tertiary/aromatic N) is 3. The number of halogens is 1. The minimum Gasteiger partial charge on any atom is -0.480 e.